The molecule has 0 amide bonds. The summed E-state index contributed by atoms with van der Waals surface area (Å²) in [5.41, 5.74) is 1.21. The predicted octanol–water partition coefficient (Wildman–Crippen LogP) is 3.16. The van der Waals surface area contributed by atoms with Crippen molar-refractivity contribution in [2.24, 2.45) is 0 Å². The van der Waals surface area contributed by atoms with Crippen molar-refractivity contribution in [3.63, 3.8) is 0 Å². The zero-order valence-electron chi connectivity index (χ0n) is 11.9. The molecular weight excluding hydrogens is 272 g/mol. The summed E-state index contributed by atoms with van der Waals surface area (Å²) in [5, 5.41) is 3.55. The largest absolute Gasteiger partial charge is 0.463 e. The number of rotatable bonds is 6. The van der Waals surface area contributed by atoms with Gasteiger partial charge in [0.2, 0.25) is 11.1 Å². The maximum atomic E-state index is 5.48. The summed E-state index contributed by atoms with van der Waals surface area (Å²) in [6, 6.07) is 8.58. The van der Waals surface area contributed by atoms with Crippen molar-refractivity contribution in [3.05, 3.63) is 29.8 Å². The van der Waals surface area contributed by atoms with E-state index < -0.39 is 0 Å². The third-order valence-electron chi connectivity index (χ3n) is 2.45. The van der Waals surface area contributed by atoms with Crippen LogP contribution < -0.4 is 10.1 Å². The van der Waals surface area contributed by atoms with Gasteiger partial charge in [0.15, 0.2) is 0 Å². The number of hydrogen-bond acceptors (Lipinski definition) is 6. The first kappa shape index (κ1) is 14.6. The molecule has 6 heteroatoms. The highest BCUT2D eigenvalue weighted by molar-refractivity contribution is 7.99. The third-order valence-corrected chi connectivity index (χ3v) is 3.31. The molecular formula is C14H18N4OS. The molecule has 1 aromatic carbocycles. The molecule has 0 bridgehead atoms. The van der Waals surface area contributed by atoms with E-state index in [-0.39, 0.29) is 0 Å². The lowest BCUT2D eigenvalue weighted by atomic mass is 10.2. The lowest BCUT2D eigenvalue weighted by Crippen LogP contribution is -2.05. The highest BCUT2D eigenvalue weighted by Crippen LogP contribution is 2.26. The minimum absolute atomic E-state index is 0.362. The van der Waals surface area contributed by atoms with Crippen LogP contribution in [-0.4, -0.2) is 28.6 Å². The first-order valence-electron chi connectivity index (χ1n) is 6.52. The maximum absolute atomic E-state index is 5.48. The number of anilines is 1. The van der Waals surface area contributed by atoms with Crippen molar-refractivity contribution >= 4 is 17.7 Å². The van der Waals surface area contributed by atoms with Crippen LogP contribution in [0.3, 0.4) is 0 Å². The maximum Gasteiger partial charge on any atom is 0.322 e. The SMILES string of the molecule is CCCOc1nc(NC)nc(Sc2cccc(C)c2)n1. The number of hydrogen-bond donors (Lipinski definition) is 1. The Morgan fingerprint density at radius 3 is 2.80 bits per heavy atom. The molecule has 1 N–H and O–H groups in total. The van der Waals surface area contributed by atoms with E-state index in [0.717, 1.165) is 11.3 Å². The molecule has 5 nitrogen and oxygen atoms in total. The third kappa shape index (κ3) is 4.09. The molecule has 2 aromatic rings. The van der Waals surface area contributed by atoms with Gasteiger partial charge in [0.1, 0.15) is 0 Å². The van der Waals surface area contributed by atoms with Gasteiger partial charge in [-0.25, -0.2) is 0 Å². The van der Waals surface area contributed by atoms with Crippen LogP contribution in [0.5, 0.6) is 6.01 Å². The van der Waals surface area contributed by atoms with E-state index in [0.29, 0.717) is 23.7 Å². The molecule has 0 unspecified atom stereocenters. The molecule has 0 saturated carbocycles. The van der Waals surface area contributed by atoms with Gasteiger partial charge >= 0.3 is 6.01 Å². The number of aryl methyl sites for hydroxylation is 1. The summed E-state index contributed by atoms with van der Waals surface area (Å²) in [6.45, 7) is 4.70. The second kappa shape index (κ2) is 7.09. The number of nitrogens with one attached hydrogen (secondary N) is 1. The van der Waals surface area contributed by atoms with E-state index >= 15 is 0 Å². The fourth-order valence-electron chi connectivity index (χ4n) is 1.54. The van der Waals surface area contributed by atoms with Gasteiger partial charge in [-0.05, 0) is 37.2 Å². The summed E-state index contributed by atoms with van der Waals surface area (Å²) >= 11 is 1.50. The van der Waals surface area contributed by atoms with E-state index in [1.165, 1.54) is 17.3 Å². The fourth-order valence-corrected chi connectivity index (χ4v) is 2.40. The summed E-state index contributed by atoms with van der Waals surface area (Å²) < 4.78 is 5.48. The van der Waals surface area contributed by atoms with Crippen LogP contribution in [0, 0.1) is 6.92 Å². The minimum Gasteiger partial charge on any atom is -0.463 e. The lowest BCUT2D eigenvalue weighted by molar-refractivity contribution is 0.288. The quantitative estimate of drug-likeness (QED) is 0.882. The predicted molar refractivity (Wildman–Crippen MR) is 80.5 cm³/mol. The first-order chi connectivity index (χ1) is 9.71. The minimum atomic E-state index is 0.362. The van der Waals surface area contributed by atoms with Crippen molar-refractivity contribution in [3.8, 4) is 6.01 Å². The summed E-state index contributed by atoms with van der Waals surface area (Å²) in [5.74, 6) is 0.515. The van der Waals surface area contributed by atoms with Crippen molar-refractivity contribution < 1.29 is 4.74 Å². The number of aromatic nitrogens is 3. The average Bonchev–Trinajstić information content (AvgIpc) is 2.45. The molecule has 0 aliphatic heterocycles. The Balaban J connectivity index is 2.21. The van der Waals surface area contributed by atoms with Gasteiger partial charge in [-0.1, -0.05) is 24.6 Å². The van der Waals surface area contributed by atoms with E-state index in [1.807, 2.05) is 19.1 Å². The van der Waals surface area contributed by atoms with Gasteiger partial charge in [-0.15, -0.1) is 0 Å². The summed E-state index contributed by atoms with van der Waals surface area (Å²) in [4.78, 5) is 13.9. The molecule has 1 heterocycles. The van der Waals surface area contributed by atoms with E-state index in [1.54, 1.807) is 7.05 Å². The smallest absolute Gasteiger partial charge is 0.322 e. The molecule has 20 heavy (non-hydrogen) atoms. The Morgan fingerprint density at radius 2 is 2.10 bits per heavy atom. The van der Waals surface area contributed by atoms with Crippen LogP contribution in [-0.2, 0) is 0 Å². The summed E-state index contributed by atoms with van der Waals surface area (Å²) in [6.07, 6.45) is 0.918. The second-order valence-corrected chi connectivity index (χ2v) is 5.28. The molecule has 0 radical (unpaired) electrons. The Bertz CT molecular complexity index is 577. The van der Waals surface area contributed by atoms with Crippen molar-refractivity contribution in [1.82, 2.24) is 15.0 Å². The summed E-state index contributed by atoms with van der Waals surface area (Å²) in [7, 11) is 1.78. The molecule has 0 spiro atoms. The van der Waals surface area contributed by atoms with Gasteiger partial charge in [0, 0.05) is 11.9 Å². The van der Waals surface area contributed by atoms with Gasteiger partial charge in [0.05, 0.1) is 6.61 Å². The normalized spacial score (nSPS) is 10.3. The Kier molecular flexibility index (Phi) is 5.17. The van der Waals surface area contributed by atoms with Crippen LogP contribution in [0.25, 0.3) is 0 Å². The van der Waals surface area contributed by atoms with Gasteiger partial charge < -0.3 is 10.1 Å². The molecule has 2 rings (SSSR count). The van der Waals surface area contributed by atoms with Crippen molar-refractivity contribution in [2.75, 3.05) is 19.0 Å². The Hall–Kier alpha value is -1.82. The van der Waals surface area contributed by atoms with Crippen molar-refractivity contribution in [2.45, 2.75) is 30.3 Å². The lowest BCUT2D eigenvalue weighted by Gasteiger charge is -2.07. The highest BCUT2D eigenvalue weighted by Gasteiger charge is 2.08. The molecule has 1 aromatic heterocycles. The Morgan fingerprint density at radius 1 is 1.25 bits per heavy atom. The first-order valence-corrected chi connectivity index (χ1v) is 7.34. The van der Waals surface area contributed by atoms with Crippen molar-refractivity contribution in [1.29, 1.82) is 0 Å². The van der Waals surface area contributed by atoms with Gasteiger partial charge in [-0.2, -0.15) is 15.0 Å². The molecule has 106 valence electrons. The molecule has 0 atom stereocenters. The zero-order valence-corrected chi connectivity index (χ0v) is 12.7. The number of nitrogens with zero attached hydrogens (tertiary/aromatic N) is 3. The van der Waals surface area contributed by atoms with Crippen LogP contribution >= 0.6 is 11.8 Å². The van der Waals surface area contributed by atoms with Gasteiger partial charge in [0.25, 0.3) is 0 Å². The number of benzene rings is 1. The molecule has 0 fully saturated rings. The van der Waals surface area contributed by atoms with Crippen LogP contribution in [0.2, 0.25) is 0 Å². The zero-order chi connectivity index (χ0) is 14.4. The standard InChI is InChI=1S/C14H18N4OS/c1-4-8-19-13-16-12(15-3)17-14(18-13)20-11-7-5-6-10(2)9-11/h5-7,9H,4,8H2,1-3H3,(H,15,16,17,18). The Labute approximate surface area is 123 Å². The van der Waals surface area contributed by atoms with Crippen LogP contribution in [0.1, 0.15) is 18.9 Å². The molecule has 0 saturated heterocycles. The second-order valence-electron chi connectivity index (χ2n) is 4.24. The fraction of sp³-hybridized carbons (Fsp3) is 0.357. The number of ether oxygens (including phenoxy) is 1. The van der Waals surface area contributed by atoms with Gasteiger partial charge in [-0.3, -0.25) is 0 Å². The van der Waals surface area contributed by atoms with Crippen LogP contribution in [0.15, 0.2) is 34.3 Å². The molecule has 0 aliphatic carbocycles. The topological polar surface area (TPSA) is 59.9 Å². The van der Waals surface area contributed by atoms with E-state index in [4.69, 9.17) is 4.74 Å². The monoisotopic (exact) mass is 290 g/mol. The van der Waals surface area contributed by atoms with E-state index in [9.17, 15) is 0 Å². The highest BCUT2D eigenvalue weighted by atomic mass is 32.2. The van der Waals surface area contributed by atoms with Crippen LogP contribution in [0.4, 0.5) is 5.95 Å². The molecule has 0 aliphatic rings. The average molecular weight is 290 g/mol. The van der Waals surface area contributed by atoms with E-state index in [2.05, 4.69) is 39.3 Å².